The molecule has 1 aliphatic rings. The van der Waals surface area contributed by atoms with Crippen molar-refractivity contribution in [2.45, 2.75) is 18.3 Å². The summed E-state index contributed by atoms with van der Waals surface area (Å²) in [6, 6.07) is 7.91. The molecule has 4 nitrogen and oxygen atoms in total. The third-order valence-corrected chi connectivity index (χ3v) is 4.42. The van der Waals surface area contributed by atoms with Gasteiger partial charge in [0.15, 0.2) is 0 Å². The highest BCUT2D eigenvalue weighted by atomic mass is 32.1. The van der Waals surface area contributed by atoms with Gasteiger partial charge in [0.05, 0.1) is 5.41 Å². The van der Waals surface area contributed by atoms with Crippen LogP contribution in [0, 0.1) is 5.82 Å². The van der Waals surface area contributed by atoms with Gasteiger partial charge in [0, 0.05) is 18.6 Å². The summed E-state index contributed by atoms with van der Waals surface area (Å²) < 4.78 is 22.6. The summed E-state index contributed by atoms with van der Waals surface area (Å²) >= 11 is 1.29. The van der Waals surface area contributed by atoms with Crippen molar-refractivity contribution in [3.05, 3.63) is 47.1 Å². The van der Waals surface area contributed by atoms with Crippen molar-refractivity contribution in [1.29, 1.82) is 0 Å². The molecule has 3 rings (SSSR count). The molecule has 110 valence electrons. The summed E-state index contributed by atoms with van der Waals surface area (Å²) in [7, 11) is 0. The molecule has 0 aliphatic carbocycles. The number of hydrogen-bond acceptors (Lipinski definition) is 4. The number of halogens is 1. The Morgan fingerprint density at radius 2 is 1.95 bits per heavy atom. The highest BCUT2D eigenvalue weighted by molar-refractivity contribution is 7.03. The Morgan fingerprint density at radius 1 is 1.24 bits per heavy atom. The Hall–Kier alpha value is -1.79. The quantitative estimate of drug-likeness (QED) is 0.948. The number of nitrogens with one attached hydrogen (secondary N) is 1. The van der Waals surface area contributed by atoms with Gasteiger partial charge < -0.3 is 10.1 Å². The zero-order valence-corrected chi connectivity index (χ0v) is 12.2. The van der Waals surface area contributed by atoms with Crippen molar-refractivity contribution in [1.82, 2.24) is 4.37 Å². The Balaban J connectivity index is 1.92. The molecule has 1 saturated heterocycles. The Kier molecular flexibility index (Phi) is 3.98. The molecule has 1 N–H and O–H groups in total. The first-order chi connectivity index (χ1) is 10.2. The third kappa shape index (κ3) is 2.82. The van der Waals surface area contributed by atoms with Crippen LogP contribution in [-0.2, 0) is 14.9 Å². The second-order valence-electron chi connectivity index (χ2n) is 5.04. The Morgan fingerprint density at radius 3 is 2.57 bits per heavy atom. The largest absolute Gasteiger partial charge is 0.381 e. The van der Waals surface area contributed by atoms with E-state index in [2.05, 4.69) is 9.69 Å². The van der Waals surface area contributed by atoms with Crippen LogP contribution in [0.15, 0.2) is 35.7 Å². The molecule has 0 spiro atoms. The molecule has 0 saturated carbocycles. The van der Waals surface area contributed by atoms with Crippen molar-refractivity contribution in [3.63, 3.8) is 0 Å². The van der Waals surface area contributed by atoms with Gasteiger partial charge in [-0.05, 0) is 48.1 Å². The number of hydrogen-bond donors (Lipinski definition) is 1. The number of carbonyl (C=O) groups excluding carboxylic acids is 1. The molecule has 1 amide bonds. The van der Waals surface area contributed by atoms with E-state index in [1.165, 1.54) is 23.7 Å². The van der Waals surface area contributed by atoms with Crippen LogP contribution in [-0.4, -0.2) is 23.5 Å². The summed E-state index contributed by atoms with van der Waals surface area (Å²) in [6.45, 7) is 1.03. The molecular formula is C15H15FN2O2S. The fraction of sp³-hybridized carbons (Fsp3) is 0.333. The van der Waals surface area contributed by atoms with Gasteiger partial charge in [0.1, 0.15) is 11.6 Å². The number of anilines is 1. The average molecular weight is 306 g/mol. The van der Waals surface area contributed by atoms with Crippen LogP contribution in [0.25, 0.3) is 0 Å². The normalized spacial score (nSPS) is 17.4. The Bertz CT molecular complexity index is 607. The van der Waals surface area contributed by atoms with E-state index in [0.29, 0.717) is 31.9 Å². The van der Waals surface area contributed by atoms with E-state index in [0.717, 1.165) is 5.56 Å². The van der Waals surface area contributed by atoms with Crippen molar-refractivity contribution >= 4 is 23.3 Å². The number of rotatable bonds is 3. The van der Waals surface area contributed by atoms with E-state index in [1.54, 1.807) is 18.2 Å². The van der Waals surface area contributed by atoms with Crippen molar-refractivity contribution in [2.75, 3.05) is 18.5 Å². The van der Waals surface area contributed by atoms with Crippen LogP contribution in [0.5, 0.6) is 0 Å². The van der Waals surface area contributed by atoms with Gasteiger partial charge in [-0.2, -0.15) is 4.37 Å². The van der Waals surface area contributed by atoms with Crippen molar-refractivity contribution in [3.8, 4) is 0 Å². The van der Waals surface area contributed by atoms with Crippen LogP contribution in [0.1, 0.15) is 18.4 Å². The summed E-state index contributed by atoms with van der Waals surface area (Å²) in [4.78, 5) is 12.8. The summed E-state index contributed by atoms with van der Waals surface area (Å²) in [5, 5.41) is 4.67. The minimum Gasteiger partial charge on any atom is -0.381 e. The minimum absolute atomic E-state index is 0.108. The van der Waals surface area contributed by atoms with E-state index in [-0.39, 0.29) is 11.7 Å². The molecule has 2 heterocycles. The molecule has 0 atom stereocenters. The second-order valence-corrected chi connectivity index (χ2v) is 5.71. The van der Waals surface area contributed by atoms with E-state index < -0.39 is 5.41 Å². The van der Waals surface area contributed by atoms with Gasteiger partial charge in [-0.15, -0.1) is 0 Å². The molecule has 0 bridgehead atoms. The first-order valence-electron chi connectivity index (χ1n) is 6.76. The van der Waals surface area contributed by atoms with Gasteiger partial charge in [0.25, 0.3) is 0 Å². The zero-order valence-electron chi connectivity index (χ0n) is 11.3. The summed E-state index contributed by atoms with van der Waals surface area (Å²) in [5.41, 5.74) is 0.134. The lowest BCUT2D eigenvalue weighted by Crippen LogP contribution is -2.44. The van der Waals surface area contributed by atoms with Crippen molar-refractivity contribution < 1.29 is 13.9 Å². The maximum Gasteiger partial charge on any atom is 0.236 e. The molecule has 1 aromatic carbocycles. The predicted molar refractivity (Wildman–Crippen MR) is 78.9 cm³/mol. The molecule has 1 fully saturated rings. The number of amides is 1. The minimum atomic E-state index is -0.685. The highest BCUT2D eigenvalue weighted by Crippen LogP contribution is 2.36. The highest BCUT2D eigenvalue weighted by Gasteiger charge is 2.41. The molecule has 21 heavy (non-hydrogen) atoms. The zero-order chi connectivity index (χ0) is 14.7. The van der Waals surface area contributed by atoms with E-state index in [4.69, 9.17) is 4.74 Å². The van der Waals surface area contributed by atoms with Crippen LogP contribution < -0.4 is 5.32 Å². The van der Waals surface area contributed by atoms with Gasteiger partial charge in [0.2, 0.25) is 5.91 Å². The maximum absolute atomic E-state index is 13.2. The topological polar surface area (TPSA) is 51.2 Å². The number of ether oxygens (including phenoxy) is 1. The first-order valence-corrected chi connectivity index (χ1v) is 7.60. The maximum atomic E-state index is 13.2. The number of aromatic nitrogens is 1. The second kappa shape index (κ2) is 5.91. The fourth-order valence-electron chi connectivity index (χ4n) is 2.65. The van der Waals surface area contributed by atoms with E-state index in [9.17, 15) is 9.18 Å². The van der Waals surface area contributed by atoms with Gasteiger partial charge in [-0.1, -0.05) is 12.1 Å². The van der Waals surface area contributed by atoms with E-state index in [1.807, 2.05) is 5.38 Å². The SMILES string of the molecule is O=C(Nc1ccsn1)C1(c2ccc(F)cc2)CCOCC1. The standard InChI is InChI=1S/C15H15FN2O2S/c16-12-3-1-11(2-4-12)15(6-8-20-9-7-15)14(19)17-13-5-10-21-18-13/h1-5,10H,6-9H2,(H,17,18,19). The van der Waals surface area contributed by atoms with Crippen LogP contribution >= 0.6 is 11.5 Å². The van der Waals surface area contributed by atoms with Crippen LogP contribution in [0.3, 0.4) is 0 Å². The lowest BCUT2D eigenvalue weighted by molar-refractivity contribution is -0.125. The average Bonchev–Trinajstić information content (AvgIpc) is 3.01. The monoisotopic (exact) mass is 306 g/mol. The first kappa shape index (κ1) is 14.2. The molecule has 0 unspecified atom stereocenters. The molecule has 1 aliphatic heterocycles. The number of nitrogens with zero attached hydrogens (tertiary/aromatic N) is 1. The van der Waals surface area contributed by atoms with E-state index >= 15 is 0 Å². The van der Waals surface area contributed by atoms with Crippen molar-refractivity contribution in [2.24, 2.45) is 0 Å². The van der Waals surface area contributed by atoms with Crippen LogP contribution in [0.2, 0.25) is 0 Å². The lowest BCUT2D eigenvalue weighted by Gasteiger charge is -2.36. The van der Waals surface area contributed by atoms with Gasteiger partial charge in [-0.3, -0.25) is 4.79 Å². The molecule has 1 aromatic heterocycles. The Labute approximate surface area is 126 Å². The summed E-state index contributed by atoms with van der Waals surface area (Å²) in [6.07, 6.45) is 1.16. The predicted octanol–water partition coefficient (Wildman–Crippen LogP) is 2.97. The molecule has 6 heteroatoms. The smallest absolute Gasteiger partial charge is 0.236 e. The molecular weight excluding hydrogens is 291 g/mol. The number of benzene rings is 1. The van der Waals surface area contributed by atoms with Gasteiger partial charge >= 0.3 is 0 Å². The fourth-order valence-corrected chi connectivity index (χ4v) is 3.12. The molecule has 0 radical (unpaired) electrons. The lowest BCUT2D eigenvalue weighted by atomic mass is 9.73. The number of carbonyl (C=O) groups is 1. The summed E-state index contributed by atoms with van der Waals surface area (Å²) in [5.74, 6) is 0.141. The van der Waals surface area contributed by atoms with Crippen LogP contribution in [0.4, 0.5) is 10.2 Å². The third-order valence-electron chi connectivity index (χ3n) is 3.86. The van der Waals surface area contributed by atoms with Gasteiger partial charge in [-0.25, -0.2) is 4.39 Å². The molecule has 2 aromatic rings.